The van der Waals surface area contributed by atoms with Crippen molar-refractivity contribution < 1.29 is 29.0 Å². The van der Waals surface area contributed by atoms with Gasteiger partial charge in [0.15, 0.2) is 0 Å². The van der Waals surface area contributed by atoms with Crippen molar-refractivity contribution in [1.29, 1.82) is 0 Å². The summed E-state index contributed by atoms with van der Waals surface area (Å²) in [6.07, 6.45) is 3.95. The maximum absolute atomic E-state index is 13.6. The molecule has 3 amide bonds. The summed E-state index contributed by atoms with van der Waals surface area (Å²) in [6, 6.07) is 19.5. The minimum Gasteiger partial charge on any atom is -0.453 e. The number of imidazole rings is 2. The van der Waals surface area contributed by atoms with Gasteiger partial charge in [-0.15, -0.1) is 0 Å². The number of ether oxygens (including phenoxy) is 2. The molecular weight excluding hydrogens is 699 g/mol. The molecule has 4 atom stereocenters. The van der Waals surface area contributed by atoms with E-state index in [1.54, 1.807) is 16.0 Å². The molecule has 2 saturated heterocycles. The Labute approximate surface area is 320 Å². The minimum absolute atomic E-state index is 0.142. The van der Waals surface area contributed by atoms with Crippen molar-refractivity contribution in [1.82, 2.24) is 35.1 Å². The monoisotopic (exact) mass is 747 g/mol. The molecule has 0 radical (unpaired) electrons. The van der Waals surface area contributed by atoms with E-state index in [2.05, 4.69) is 73.8 Å². The van der Waals surface area contributed by atoms with Gasteiger partial charge in [-0.3, -0.25) is 9.69 Å². The molecule has 13 heteroatoms. The number of hydrogen-bond donors (Lipinski definition) is 4. The van der Waals surface area contributed by atoms with Crippen LogP contribution in [0.4, 0.5) is 9.59 Å². The van der Waals surface area contributed by atoms with Crippen LogP contribution in [0.3, 0.4) is 0 Å². The van der Waals surface area contributed by atoms with Crippen molar-refractivity contribution in [2.75, 3.05) is 20.2 Å². The highest BCUT2D eigenvalue weighted by Crippen LogP contribution is 2.36. The number of aliphatic hydroxyl groups excluding tert-OH is 1. The highest BCUT2D eigenvalue weighted by Gasteiger charge is 2.41. The molecule has 0 bridgehead atoms. The predicted octanol–water partition coefficient (Wildman–Crippen LogP) is 7.37. The molecule has 0 spiro atoms. The van der Waals surface area contributed by atoms with Crippen LogP contribution in [0.25, 0.3) is 44.4 Å². The van der Waals surface area contributed by atoms with Crippen LogP contribution in [-0.4, -0.2) is 90.9 Å². The largest absolute Gasteiger partial charge is 0.453 e. The van der Waals surface area contributed by atoms with Crippen molar-refractivity contribution >= 4 is 28.9 Å². The number of H-pyrrole nitrogens is 2. The lowest BCUT2D eigenvalue weighted by Crippen LogP contribution is -2.51. The van der Waals surface area contributed by atoms with Gasteiger partial charge >= 0.3 is 12.2 Å². The fraction of sp³-hybridized carbons (Fsp3) is 0.405. The van der Waals surface area contributed by atoms with Gasteiger partial charge in [0, 0.05) is 25.1 Å². The summed E-state index contributed by atoms with van der Waals surface area (Å²) in [5.41, 5.74) is 5.23. The number of hydrogen-bond acceptors (Lipinski definition) is 8. The Kier molecular flexibility index (Phi) is 10.4. The van der Waals surface area contributed by atoms with E-state index >= 15 is 0 Å². The van der Waals surface area contributed by atoms with Gasteiger partial charge in [0.25, 0.3) is 0 Å². The number of alkyl carbamates (subject to hydrolysis) is 1. The number of fused-ring (bicyclic) bond motifs is 1. The fourth-order valence-electron chi connectivity index (χ4n) is 7.53. The number of aliphatic hydroxyl groups is 1. The van der Waals surface area contributed by atoms with E-state index in [1.807, 2.05) is 52.9 Å². The molecular formula is C42H49N7O6. The van der Waals surface area contributed by atoms with E-state index in [1.165, 1.54) is 7.11 Å². The first kappa shape index (κ1) is 37.6. The molecule has 5 aromatic rings. The summed E-state index contributed by atoms with van der Waals surface area (Å²) in [7, 11) is 1.26. The van der Waals surface area contributed by atoms with E-state index < -0.39 is 29.9 Å². The highest BCUT2D eigenvalue weighted by molar-refractivity contribution is 5.91. The van der Waals surface area contributed by atoms with Gasteiger partial charge in [-0.05, 0) is 79.1 Å². The number of amides is 3. The van der Waals surface area contributed by atoms with E-state index in [4.69, 9.17) is 9.47 Å². The van der Waals surface area contributed by atoms with Crippen molar-refractivity contribution in [2.24, 2.45) is 5.92 Å². The molecule has 0 saturated carbocycles. The number of nitrogens with zero attached hydrogens (tertiary/aromatic N) is 4. The Bertz CT molecular complexity index is 2190. The van der Waals surface area contributed by atoms with Crippen molar-refractivity contribution in [3.8, 4) is 33.6 Å². The lowest BCUT2D eigenvalue weighted by atomic mass is 9.98. The standard InChI is InChI=1S/C42H49N7O6/c1-24(2)36(47-40(52)54-6)39(51)49-23-31(50)20-35(49)38-44-21-32(45-38)26-11-9-25(10-12-26)27-13-14-29-19-30(16-15-28(29)18-27)33-22-43-37(46-33)34-8-7-17-48(34)41(53)55-42(3,4)5/h9-16,18-19,21-22,24,31,34-36,50H,7-8,17,20,23H2,1-6H3,(H,43,46)(H,44,45)(H,47,52)/t31-,34?,35-,36-/m0/s1. The fourth-order valence-corrected chi connectivity index (χ4v) is 7.53. The van der Waals surface area contributed by atoms with Crippen molar-refractivity contribution in [3.05, 3.63) is 84.7 Å². The van der Waals surface area contributed by atoms with Crippen molar-refractivity contribution in [3.63, 3.8) is 0 Å². The van der Waals surface area contributed by atoms with Crippen LogP contribution in [0.5, 0.6) is 0 Å². The summed E-state index contributed by atoms with van der Waals surface area (Å²) < 4.78 is 10.4. The van der Waals surface area contributed by atoms with Gasteiger partial charge in [0.1, 0.15) is 23.3 Å². The van der Waals surface area contributed by atoms with E-state index in [-0.39, 0.29) is 30.5 Å². The average molecular weight is 748 g/mol. The number of likely N-dealkylation sites (tertiary alicyclic amines) is 2. The molecule has 55 heavy (non-hydrogen) atoms. The summed E-state index contributed by atoms with van der Waals surface area (Å²) in [6.45, 7) is 10.1. The minimum atomic E-state index is -0.800. The third-order valence-corrected chi connectivity index (χ3v) is 10.3. The summed E-state index contributed by atoms with van der Waals surface area (Å²) in [5.74, 6) is 0.863. The van der Waals surface area contributed by atoms with Gasteiger partial charge < -0.3 is 34.8 Å². The van der Waals surface area contributed by atoms with E-state index in [9.17, 15) is 19.5 Å². The smallest absolute Gasteiger partial charge is 0.410 e. The van der Waals surface area contributed by atoms with Gasteiger partial charge in [0.2, 0.25) is 5.91 Å². The van der Waals surface area contributed by atoms with Crippen LogP contribution in [0.2, 0.25) is 0 Å². The Balaban J connectivity index is 1.04. The molecule has 2 aliphatic rings. The van der Waals surface area contributed by atoms with Gasteiger partial charge in [-0.2, -0.15) is 0 Å². The molecule has 4 heterocycles. The van der Waals surface area contributed by atoms with Crippen LogP contribution in [0, 0.1) is 5.92 Å². The number of methoxy groups -OCH3 is 1. The lowest BCUT2D eigenvalue weighted by Gasteiger charge is -2.29. The summed E-state index contributed by atoms with van der Waals surface area (Å²) in [5, 5.41) is 15.4. The van der Waals surface area contributed by atoms with Gasteiger partial charge in [-0.1, -0.05) is 62.4 Å². The Morgan fingerprint density at radius 2 is 1.42 bits per heavy atom. The zero-order valence-corrected chi connectivity index (χ0v) is 32.1. The van der Waals surface area contributed by atoms with Crippen LogP contribution >= 0.6 is 0 Å². The Hall–Kier alpha value is -5.69. The SMILES string of the molecule is COC(=O)N[C@H](C(=O)N1C[C@@H](O)C[C@H]1c1ncc(-c2ccc(-c3ccc4cc(-c5cnc(C6CCCN6C(=O)OC(C)(C)C)[nH]5)ccc4c3)cc2)[nH]1)C(C)C. The Morgan fingerprint density at radius 3 is 2.05 bits per heavy atom. The molecule has 2 fully saturated rings. The normalized spacial score (nSPS) is 19.2. The number of aromatic amines is 2. The third kappa shape index (κ3) is 8.07. The molecule has 4 N–H and O–H groups in total. The number of aromatic nitrogens is 4. The number of benzene rings is 3. The van der Waals surface area contributed by atoms with Crippen LogP contribution in [-0.2, 0) is 14.3 Å². The number of β-amino-alcohol motifs (C(OH)–C–C–N with tert-alkyl or cyclic N) is 1. The second kappa shape index (κ2) is 15.2. The van der Waals surface area contributed by atoms with Crippen LogP contribution in [0.1, 0.15) is 77.6 Å². The quantitative estimate of drug-likeness (QED) is 0.128. The van der Waals surface area contributed by atoms with Crippen LogP contribution < -0.4 is 5.32 Å². The molecule has 0 aliphatic carbocycles. The molecule has 1 unspecified atom stereocenters. The first-order chi connectivity index (χ1) is 26.3. The predicted molar refractivity (Wildman–Crippen MR) is 209 cm³/mol. The zero-order chi connectivity index (χ0) is 39.0. The lowest BCUT2D eigenvalue weighted by molar-refractivity contribution is -0.135. The first-order valence-electron chi connectivity index (χ1n) is 18.9. The molecule has 7 rings (SSSR count). The maximum Gasteiger partial charge on any atom is 0.410 e. The summed E-state index contributed by atoms with van der Waals surface area (Å²) >= 11 is 0. The molecule has 288 valence electrons. The number of carbonyl (C=O) groups excluding carboxylic acids is 3. The molecule has 2 aliphatic heterocycles. The average Bonchev–Trinajstić information content (AvgIpc) is 3.99. The van der Waals surface area contributed by atoms with Crippen LogP contribution in [0.15, 0.2) is 73.1 Å². The Morgan fingerprint density at radius 1 is 0.836 bits per heavy atom. The van der Waals surface area contributed by atoms with E-state index in [0.717, 1.165) is 63.1 Å². The first-order valence-corrected chi connectivity index (χ1v) is 18.9. The van der Waals surface area contributed by atoms with Crippen molar-refractivity contribution in [2.45, 2.75) is 83.7 Å². The number of nitrogens with one attached hydrogen (secondary N) is 3. The van der Waals surface area contributed by atoms with Gasteiger partial charge in [-0.25, -0.2) is 19.6 Å². The maximum atomic E-state index is 13.6. The molecule has 2 aromatic heterocycles. The summed E-state index contributed by atoms with van der Waals surface area (Å²) in [4.78, 5) is 57.9. The second-order valence-electron chi connectivity index (χ2n) is 15.8. The highest BCUT2D eigenvalue weighted by atomic mass is 16.6. The molecule has 13 nitrogen and oxygen atoms in total. The van der Waals surface area contributed by atoms with Gasteiger partial charge in [0.05, 0.1) is 49.1 Å². The van der Waals surface area contributed by atoms with E-state index in [0.29, 0.717) is 18.8 Å². The number of carbonyl (C=O) groups is 3. The second-order valence-corrected chi connectivity index (χ2v) is 15.8. The topological polar surface area (TPSA) is 166 Å². The zero-order valence-electron chi connectivity index (χ0n) is 32.1. The third-order valence-electron chi connectivity index (χ3n) is 10.3. The molecule has 3 aromatic carbocycles. The number of rotatable bonds is 8.